The van der Waals surface area contributed by atoms with E-state index in [1.807, 2.05) is 0 Å². The zero-order valence-electron chi connectivity index (χ0n) is 15.5. The fraction of sp³-hybridized carbons (Fsp3) is 0. The first-order valence-electron chi connectivity index (χ1n) is 5.73. The van der Waals surface area contributed by atoms with Crippen molar-refractivity contribution in [2.45, 2.75) is 0 Å². The topological polar surface area (TPSA) is 496 Å². The van der Waals surface area contributed by atoms with Crippen LogP contribution in [0.3, 0.4) is 0 Å². The van der Waals surface area contributed by atoms with Crippen molar-refractivity contribution >= 4 is 31.3 Å². The van der Waals surface area contributed by atoms with Crippen molar-refractivity contribution in [3.05, 3.63) is 0 Å². The zero-order valence-corrected chi connectivity index (χ0v) is 33.2. The van der Waals surface area contributed by atoms with Crippen molar-refractivity contribution in [1.82, 2.24) is 0 Å². The van der Waals surface area contributed by atoms with E-state index in [0.717, 1.165) is 0 Å². The molecule has 0 spiro atoms. The summed E-state index contributed by atoms with van der Waals surface area (Å²) in [5, 5.41) is 0. The molecule has 0 unspecified atom stereocenters. The molecule has 37 heavy (non-hydrogen) atoms. The van der Waals surface area contributed by atoms with Gasteiger partial charge in [0.05, 0.1) is 0 Å². The van der Waals surface area contributed by atoms with Crippen LogP contribution in [0.2, 0.25) is 0 Å². The van der Waals surface area contributed by atoms with Gasteiger partial charge in [-0.3, -0.25) is 0 Å². The Morgan fingerprint density at radius 2 is 0.459 bits per heavy atom. The predicted octanol–water partition coefficient (Wildman–Crippen LogP) is -7.48. The summed E-state index contributed by atoms with van der Waals surface area (Å²) in [5.41, 5.74) is 0. The van der Waals surface area contributed by atoms with E-state index in [-0.39, 0.29) is 20.1 Å². The SMILES string of the molecule is O=P(O)(O)[O][W](=[O])(=[O])[O-].O=P(O)(O)[O][W](=[O])(=[O])[O-].O=P(O)(O)[O][W](=[O])(=[O])[O-].O=P(O)(O)[O][W](=[O])(=[O])[O-].[Ir+4]. The van der Waals surface area contributed by atoms with Gasteiger partial charge in [-0.05, 0) is 0 Å². The third-order valence-electron chi connectivity index (χ3n) is 0.754. The second-order valence-corrected chi connectivity index (χ2v) is 26.6. The largest absolute Gasteiger partial charge is 4.00 e. The Labute approximate surface area is 228 Å². The molecule has 0 bridgehead atoms. The van der Waals surface area contributed by atoms with Crippen LogP contribution in [0.5, 0.6) is 0 Å². The molecular weight excluding hydrogens is 1500 g/mol. The maximum atomic E-state index is 9.57. The van der Waals surface area contributed by atoms with E-state index in [1.165, 1.54) is 0 Å². The van der Waals surface area contributed by atoms with Gasteiger partial charge in [-0.2, -0.15) is 0 Å². The van der Waals surface area contributed by atoms with Crippen LogP contribution in [0, 0.1) is 0 Å². The summed E-state index contributed by atoms with van der Waals surface area (Å²) in [6.07, 6.45) is 0. The van der Waals surface area contributed by atoms with Gasteiger partial charge in [0.15, 0.2) is 0 Å². The average Bonchev–Trinajstić information content (AvgIpc) is 2.19. The van der Waals surface area contributed by atoms with E-state index in [1.54, 1.807) is 0 Å². The molecule has 28 nitrogen and oxygen atoms in total. The van der Waals surface area contributed by atoms with Crippen molar-refractivity contribution in [2.75, 3.05) is 0 Å². The third kappa shape index (κ3) is 72.9. The van der Waals surface area contributed by atoms with E-state index < -0.39 is 98.3 Å². The van der Waals surface area contributed by atoms with E-state index in [9.17, 15) is 60.5 Å². The molecular formula is H8IrO28P4W4. The fourth-order valence-electron chi connectivity index (χ4n) is 0.476. The van der Waals surface area contributed by atoms with Crippen LogP contribution >= 0.6 is 31.3 Å². The van der Waals surface area contributed by atoms with Crippen LogP contribution in [-0.4, -0.2) is 39.1 Å². The summed E-state index contributed by atoms with van der Waals surface area (Å²) in [7, 11) is -20.5. The second-order valence-electron chi connectivity index (χ2n) is 3.89. The standard InChI is InChI=1S/Ir.4H3O4P.12O.4W/c;4*1-5(2,3)4;;;;;;;;;;;;;;;;/h;4*(H3,1,2,3,4);;;;;;;;;;;;;;;;/q+4;;;;;;;;;;;;;4*-1;4*+1/p-4. The van der Waals surface area contributed by atoms with Crippen molar-refractivity contribution in [3.63, 3.8) is 0 Å². The molecule has 1 radical (unpaired) electrons. The van der Waals surface area contributed by atoms with Gasteiger partial charge in [-0.15, -0.1) is 0 Å². The number of phosphoric acid groups is 4. The molecule has 0 aromatic heterocycles. The fourth-order valence-corrected chi connectivity index (χ4v) is 11.7. The Morgan fingerprint density at radius 3 is 0.459 bits per heavy atom. The van der Waals surface area contributed by atoms with Gasteiger partial charge < -0.3 is 0 Å². The van der Waals surface area contributed by atoms with Gasteiger partial charge in [0.25, 0.3) is 0 Å². The van der Waals surface area contributed by atoms with Crippen LogP contribution in [-0.2, 0) is 145 Å². The normalized spacial score (nSPS) is 13.3. The van der Waals surface area contributed by atoms with E-state index >= 15 is 0 Å². The van der Waals surface area contributed by atoms with Gasteiger partial charge in [0.1, 0.15) is 0 Å². The van der Waals surface area contributed by atoms with Gasteiger partial charge in [0.2, 0.25) is 0 Å². The molecule has 0 aliphatic carbocycles. The summed E-state index contributed by atoms with van der Waals surface area (Å²) in [6, 6.07) is 0. The molecule has 0 saturated carbocycles. The van der Waals surface area contributed by atoms with Crippen LogP contribution < -0.4 is 15.0 Å². The average molecular weight is 1510 g/mol. The monoisotopic (exact) mass is 1510 g/mol. The Kier molecular flexibility index (Phi) is 23.6. The van der Waals surface area contributed by atoms with Crippen LogP contribution in [0.15, 0.2) is 0 Å². The summed E-state index contributed by atoms with van der Waals surface area (Å²) >= 11 is -25.8. The molecule has 0 fully saturated rings. The minimum atomic E-state index is -6.44. The predicted molar refractivity (Wildman–Crippen MR) is 58.0 cm³/mol. The van der Waals surface area contributed by atoms with Crippen molar-refractivity contribution in [1.29, 1.82) is 0 Å². The quantitative estimate of drug-likeness (QED) is 0.105. The van der Waals surface area contributed by atoms with Crippen molar-refractivity contribution in [3.8, 4) is 0 Å². The van der Waals surface area contributed by atoms with Gasteiger partial charge in [-0.1, -0.05) is 0 Å². The molecule has 0 rings (SSSR count). The molecule has 229 valence electrons. The molecule has 0 saturated heterocycles. The second kappa shape index (κ2) is 17.9. The van der Waals surface area contributed by atoms with Crippen LogP contribution in [0.4, 0.5) is 0 Å². The molecule has 0 aromatic carbocycles. The molecule has 0 aromatic rings. The Balaban J connectivity index is -0.000000122. The molecule has 0 aliphatic rings. The van der Waals surface area contributed by atoms with Gasteiger partial charge in [-0.25, -0.2) is 0 Å². The molecule has 0 heterocycles. The number of hydrogen-bond donors (Lipinski definition) is 8. The molecule has 0 amide bonds. The van der Waals surface area contributed by atoms with Crippen LogP contribution in [0.25, 0.3) is 0 Å². The maximum Gasteiger partial charge on any atom is 4.00 e. The molecule has 0 aliphatic heterocycles. The van der Waals surface area contributed by atoms with Gasteiger partial charge in [0, 0.05) is 0 Å². The first-order chi connectivity index (χ1) is 14.8. The Morgan fingerprint density at radius 1 is 0.378 bits per heavy atom. The third-order valence-corrected chi connectivity index (χ3v) is 18.5. The minimum absolute atomic E-state index is 0. The van der Waals surface area contributed by atoms with E-state index in [2.05, 4.69) is 12.7 Å². The van der Waals surface area contributed by atoms with Gasteiger partial charge >= 0.3 is 231 Å². The zero-order chi connectivity index (χ0) is 30.8. The maximum absolute atomic E-state index is 9.57. The summed E-state index contributed by atoms with van der Waals surface area (Å²) in [4.78, 5) is 61.6. The number of hydrogen-bond acceptors (Lipinski definition) is 20. The number of rotatable bonds is 8. The van der Waals surface area contributed by atoms with Crippen LogP contribution in [0.1, 0.15) is 0 Å². The summed E-state index contributed by atoms with van der Waals surface area (Å²) < 4.78 is 164. The van der Waals surface area contributed by atoms with E-state index in [4.69, 9.17) is 39.1 Å². The van der Waals surface area contributed by atoms with Crippen molar-refractivity contribution in [2.24, 2.45) is 0 Å². The molecule has 0 atom stereocenters. The summed E-state index contributed by atoms with van der Waals surface area (Å²) in [5.74, 6) is 0. The van der Waals surface area contributed by atoms with E-state index in [0.29, 0.717) is 0 Å². The minimum Gasteiger partial charge on any atom is 4.00 e. The first-order valence-corrected chi connectivity index (χ1v) is 31.0. The molecule has 8 N–H and O–H groups in total. The first kappa shape index (κ1) is 48.8. The Hall–Kier alpha value is 2.08. The summed E-state index contributed by atoms with van der Waals surface area (Å²) in [6.45, 7) is 0. The smallest absolute Gasteiger partial charge is 4.00 e. The van der Waals surface area contributed by atoms with Crippen molar-refractivity contribution < 1.29 is 199 Å². The molecule has 37 heteroatoms. The Bertz CT molecular complexity index is 1080.